The highest BCUT2D eigenvalue weighted by molar-refractivity contribution is 5.93. The van der Waals surface area contributed by atoms with Crippen molar-refractivity contribution >= 4 is 16.7 Å². The first-order chi connectivity index (χ1) is 16.3. The Morgan fingerprint density at radius 1 is 0.912 bits per heavy atom. The van der Waals surface area contributed by atoms with Crippen LogP contribution in [0.5, 0.6) is 17.2 Å². The van der Waals surface area contributed by atoms with Gasteiger partial charge < -0.3 is 18.6 Å². The molecule has 0 aliphatic rings. The molecule has 0 bridgehead atoms. The van der Waals surface area contributed by atoms with Crippen molar-refractivity contribution in [3.8, 4) is 28.4 Å². The Morgan fingerprint density at radius 3 is 2.32 bits per heavy atom. The van der Waals surface area contributed by atoms with Gasteiger partial charge in [-0.15, -0.1) is 0 Å². The molecule has 0 unspecified atom stereocenters. The molecule has 1 aromatic heterocycles. The van der Waals surface area contributed by atoms with E-state index >= 15 is 0 Å². The van der Waals surface area contributed by atoms with E-state index in [4.69, 9.17) is 18.6 Å². The van der Waals surface area contributed by atoms with Crippen molar-refractivity contribution in [2.75, 3.05) is 13.7 Å². The van der Waals surface area contributed by atoms with Gasteiger partial charge in [0.1, 0.15) is 23.1 Å². The van der Waals surface area contributed by atoms with E-state index in [-0.39, 0.29) is 22.5 Å². The third-order valence-electron chi connectivity index (χ3n) is 5.42. The molecule has 174 valence electrons. The molecular weight excluding hydrogens is 439 g/mol. The second-order valence-electron chi connectivity index (χ2n) is 7.60. The first kappa shape index (κ1) is 23.0. The van der Waals surface area contributed by atoms with Crippen LogP contribution in [0.4, 0.5) is 4.39 Å². The standard InChI is InChI=1S/C27H23FO6/c1-5-32-24-14-18(12-21(29)25-15(2)33-16(3)26(24)25)17-10-11-22(23(13-17)31-4)34-27(30)19-8-6-7-9-20(19)28/h6-14H,5H2,1-4H3. The average molecular weight is 462 g/mol. The van der Waals surface area contributed by atoms with Crippen molar-refractivity contribution in [2.45, 2.75) is 20.8 Å². The predicted octanol–water partition coefficient (Wildman–Crippen LogP) is 5.84. The van der Waals surface area contributed by atoms with Crippen LogP contribution in [0.2, 0.25) is 0 Å². The fourth-order valence-corrected chi connectivity index (χ4v) is 3.89. The molecule has 6 nitrogen and oxygen atoms in total. The van der Waals surface area contributed by atoms with E-state index in [1.165, 1.54) is 37.4 Å². The number of hydrogen-bond acceptors (Lipinski definition) is 6. The monoisotopic (exact) mass is 462 g/mol. The normalized spacial score (nSPS) is 10.9. The Balaban J connectivity index is 1.80. The highest BCUT2D eigenvalue weighted by Crippen LogP contribution is 2.36. The Morgan fingerprint density at radius 2 is 1.62 bits per heavy atom. The number of esters is 1. The third kappa shape index (κ3) is 4.24. The average Bonchev–Trinajstić information content (AvgIpc) is 3.02. The maximum atomic E-state index is 14.0. The topological polar surface area (TPSA) is 75.0 Å². The molecule has 34 heavy (non-hydrogen) atoms. The summed E-state index contributed by atoms with van der Waals surface area (Å²) in [6.45, 7) is 5.80. The molecule has 0 atom stereocenters. The van der Waals surface area contributed by atoms with Gasteiger partial charge in [-0.2, -0.15) is 0 Å². The van der Waals surface area contributed by atoms with Gasteiger partial charge in [-0.3, -0.25) is 4.79 Å². The van der Waals surface area contributed by atoms with E-state index in [1.54, 1.807) is 38.1 Å². The van der Waals surface area contributed by atoms with E-state index < -0.39 is 11.8 Å². The van der Waals surface area contributed by atoms with Crippen LogP contribution >= 0.6 is 0 Å². The Kier molecular flexibility index (Phi) is 6.36. The molecule has 4 rings (SSSR count). The lowest BCUT2D eigenvalue weighted by atomic mass is 10.1. The lowest BCUT2D eigenvalue weighted by Gasteiger charge is -2.11. The second kappa shape index (κ2) is 9.39. The van der Waals surface area contributed by atoms with E-state index in [0.717, 1.165) is 0 Å². The summed E-state index contributed by atoms with van der Waals surface area (Å²) in [4.78, 5) is 25.5. The summed E-state index contributed by atoms with van der Waals surface area (Å²) in [6, 6.07) is 13.7. The van der Waals surface area contributed by atoms with Gasteiger partial charge in [-0.1, -0.05) is 18.2 Å². The zero-order valence-corrected chi connectivity index (χ0v) is 19.2. The minimum Gasteiger partial charge on any atom is -0.493 e. The van der Waals surface area contributed by atoms with Crippen LogP contribution in [0.3, 0.4) is 0 Å². The summed E-state index contributed by atoms with van der Waals surface area (Å²) in [7, 11) is 1.43. The number of halogens is 1. The number of aryl methyl sites for hydroxylation is 2. The van der Waals surface area contributed by atoms with Crippen molar-refractivity contribution in [3.63, 3.8) is 0 Å². The molecule has 1 heterocycles. The van der Waals surface area contributed by atoms with Crippen molar-refractivity contribution < 1.29 is 27.8 Å². The molecule has 0 spiro atoms. The van der Waals surface area contributed by atoms with Crippen molar-refractivity contribution in [3.05, 3.63) is 87.7 Å². The molecule has 0 amide bonds. The first-order valence-electron chi connectivity index (χ1n) is 10.7. The lowest BCUT2D eigenvalue weighted by Crippen LogP contribution is -2.11. The van der Waals surface area contributed by atoms with Crippen LogP contribution in [0, 0.1) is 19.7 Å². The maximum absolute atomic E-state index is 14.0. The van der Waals surface area contributed by atoms with Gasteiger partial charge >= 0.3 is 5.97 Å². The number of carbonyl (C=O) groups excluding carboxylic acids is 1. The summed E-state index contributed by atoms with van der Waals surface area (Å²) in [6.07, 6.45) is 0. The highest BCUT2D eigenvalue weighted by atomic mass is 19.1. The van der Waals surface area contributed by atoms with Gasteiger partial charge in [0.2, 0.25) is 0 Å². The SMILES string of the molecule is CCOc1cc(-c2ccc(OC(=O)c3ccccc3F)c(OC)c2)cc(=O)c2c(C)oc(C)c12. The second-order valence-corrected chi connectivity index (χ2v) is 7.60. The minimum atomic E-state index is -0.843. The number of hydrogen-bond donors (Lipinski definition) is 0. The molecule has 0 aliphatic heterocycles. The molecule has 0 saturated heterocycles. The zero-order valence-electron chi connectivity index (χ0n) is 19.2. The molecule has 0 aliphatic carbocycles. The molecule has 0 saturated carbocycles. The number of benzene rings is 2. The van der Waals surface area contributed by atoms with Crippen molar-refractivity contribution in [1.82, 2.24) is 0 Å². The van der Waals surface area contributed by atoms with Crippen LogP contribution in [0.25, 0.3) is 21.9 Å². The van der Waals surface area contributed by atoms with Crippen LogP contribution < -0.4 is 19.6 Å². The maximum Gasteiger partial charge on any atom is 0.346 e. The number of carbonyl (C=O) groups is 1. The number of furan rings is 1. The Bertz CT molecular complexity index is 1450. The van der Waals surface area contributed by atoms with Crippen LogP contribution in [0.15, 0.2) is 63.8 Å². The Labute approximate surface area is 195 Å². The van der Waals surface area contributed by atoms with E-state index in [2.05, 4.69) is 0 Å². The Hall–Kier alpha value is -4.13. The summed E-state index contributed by atoms with van der Waals surface area (Å²) in [5.74, 6) is 0.498. The van der Waals surface area contributed by atoms with E-state index in [9.17, 15) is 14.0 Å². The largest absolute Gasteiger partial charge is 0.493 e. The smallest absolute Gasteiger partial charge is 0.346 e. The van der Waals surface area contributed by atoms with Gasteiger partial charge in [0.05, 0.1) is 30.1 Å². The van der Waals surface area contributed by atoms with Gasteiger partial charge in [0.15, 0.2) is 16.9 Å². The van der Waals surface area contributed by atoms with E-state index in [0.29, 0.717) is 45.8 Å². The summed E-state index contributed by atoms with van der Waals surface area (Å²) < 4.78 is 36.3. The lowest BCUT2D eigenvalue weighted by molar-refractivity contribution is 0.0725. The minimum absolute atomic E-state index is 0.122. The number of ether oxygens (including phenoxy) is 3. The van der Waals surface area contributed by atoms with E-state index in [1.807, 2.05) is 6.92 Å². The van der Waals surface area contributed by atoms with Gasteiger partial charge in [0.25, 0.3) is 0 Å². The fraction of sp³-hybridized carbons (Fsp3) is 0.185. The summed E-state index contributed by atoms with van der Waals surface area (Å²) >= 11 is 0. The highest BCUT2D eigenvalue weighted by Gasteiger charge is 2.19. The van der Waals surface area contributed by atoms with Crippen LogP contribution in [-0.4, -0.2) is 19.7 Å². The van der Waals surface area contributed by atoms with Crippen molar-refractivity contribution in [1.29, 1.82) is 0 Å². The number of methoxy groups -OCH3 is 1. The van der Waals surface area contributed by atoms with Crippen LogP contribution in [-0.2, 0) is 0 Å². The first-order valence-corrected chi connectivity index (χ1v) is 10.7. The molecule has 0 radical (unpaired) electrons. The van der Waals surface area contributed by atoms with Gasteiger partial charge in [-0.25, -0.2) is 9.18 Å². The van der Waals surface area contributed by atoms with Gasteiger partial charge in [0, 0.05) is 0 Å². The molecule has 7 heteroatoms. The quantitative estimate of drug-likeness (QED) is 0.265. The zero-order chi connectivity index (χ0) is 24.4. The fourth-order valence-electron chi connectivity index (χ4n) is 3.89. The predicted molar refractivity (Wildman–Crippen MR) is 126 cm³/mol. The number of fused-ring (bicyclic) bond motifs is 1. The summed E-state index contributed by atoms with van der Waals surface area (Å²) in [5, 5.41) is 1.10. The summed E-state index contributed by atoms with van der Waals surface area (Å²) in [5.41, 5.74) is 0.842. The molecule has 3 aromatic carbocycles. The third-order valence-corrected chi connectivity index (χ3v) is 5.42. The molecule has 0 fully saturated rings. The molecule has 4 aromatic rings. The van der Waals surface area contributed by atoms with Crippen molar-refractivity contribution in [2.24, 2.45) is 0 Å². The van der Waals surface area contributed by atoms with Crippen LogP contribution in [0.1, 0.15) is 28.8 Å². The molecule has 0 N–H and O–H groups in total. The number of rotatable bonds is 6. The van der Waals surface area contributed by atoms with Gasteiger partial charge in [-0.05, 0) is 68.3 Å². The molecular formula is C27H23FO6.